The number of fused-ring (bicyclic) bond motifs is 5. The minimum absolute atomic E-state index is 0.0102. The molecule has 4 saturated heterocycles. The van der Waals surface area contributed by atoms with Crippen LogP contribution in [0, 0.1) is 28.9 Å². The summed E-state index contributed by atoms with van der Waals surface area (Å²) in [5, 5.41) is 13.4. The van der Waals surface area contributed by atoms with Crippen LogP contribution in [0.25, 0.3) is 32.1 Å². The van der Waals surface area contributed by atoms with E-state index in [2.05, 4.69) is 23.2 Å². The Morgan fingerprint density at radius 2 is 1.78 bits per heavy atom. The summed E-state index contributed by atoms with van der Waals surface area (Å²) in [6, 6.07) is 5.93. The van der Waals surface area contributed by atoms with E-state index in [1.54, 1.807) is 26.8 Å². The highest BCUT2D eigenvalue weighted by Gasteiger charge is 2.48. The van der Waals surface area contributed by atoms with E-state index in [9.17, 15) is 14.9 Å². The number of rotatable bonds is 6. The highest BCUT2D eigenvalue weighted by molar-refractivity contribution is 7.23. The molecule has 4 aliphatic rings. The smallest absolute Gasteiger partial charge is 0.412 e. The number of carbonyl (C=O) groups is 2. The molecular formula is C42H48ClF2N7O5S. The summed E-state index contributed by atoms with van der Waals surface area (Å²) in [6.07, 6.45) is 3.39. The van der Waals surface area contributed by atoms with Crippen LogP contribution in [0.5, 0.6) is 6.01 Å². The minimum atomic E-state index is -0.827. The lowest BCUT2D eigenvalue weighted by Crippen LogP contribution is -2.57. The van der Waals surface area contributed by atoms with Crippen molar-refractivity contribution in [2.75, 3.05) is 43.0 Å². The van der Waals surface area contributed by atoms with Gasteiger partial charge in [0.25, 0.3) is 0 Å². The summed E-state index contributed by atoms with van der Waals surface area (Å²) in [5.74, 6) is -0.517. The molecule has 12 nitrogen and oxygen atoms in total. The molecule has 8 rings (SSSR count). The summed E-state index contributed by atoms with van der Waals surface area (Å²) in [6.45, 7) is 16.0. The number of benzene rings is 2. The number of halogens is 3. The lowest BCUT2D eigenvalue weighted by Gasteiger charge is -2.42. The lowest BCUT2D eigenvalue weighted by molar-refractivity contribution is 0.0122. The standard InChI is InChI=1S/C42H48ClF2N7O5S/c1-22-16-42(13-8-14-51(42)18-22)21-55-37-47-33-26(35(48-37)50-19-23-9-10-24(20-50)52(23)39(54)57-41(5,6)7)15-28(43)31(32(33)45)25-11-12-29(44)34-30(25)27(17-46)36(58-34)49-38(53)56-40(2,3)4/h11-12,15,22-24H,8-10,13-14,16,18-21H2,1-7H3,(H,49,53)/t22?,23-,24+,42?. The zero-order valence-corrected chi connectivity index (χ0v) is 35.4. The van der Waals surface area contributed by atoms with Crippen molar-refractivity contribution in [1.29, 1.82) is 5.26 Å². The molecule has 2 aromatic heterocycles. The second kappa shape index (κ2) is 14.6. The third-order valence-electron chi connectivity index (χ3n) is 11.5. The van der Waals surface area contributed by atoms with Crippen molar-refractivity contribution >= 4 is 66.9 Å². The van der Waals surface area contributed by atoms with Gasteiger partial charge in [-0.1, -0.05) is 24.6 Å². The Labute approximate surface area is 345 Å². The van der Waals surface area contributed by atoms with Crippen molar-refractivity contribution in [2.24, 2.45) is 5.92 Å². The molecule has 4 aromatic rings. The molecule has 6 heterocycles. The quantitative estimate of drug-likeness (QED) is 0.200. The van der Waals surface area contributed by atoms with Gasteiger partial charge in [-0.15, -0.1) is 11.3 Å². The number of aromatic nitrogens is 2. The number of hydrogen-bond donors (Lipinski definition) is 1. The number of thiophene rings is 1. The van der Waals surface area contributed by atoms with E-state index in [0.29, 0.717) is 36.8 Å². The summed E-state index contributed by atoms with van der Waals surface area (Å²) in [7, 11) is 0. The molecule has 4 atom stereocenters. The van der Waals surface area contributed by atoms with Crippen LogP contribution in [0.2, 0.25) is 5.02 Å². The van der Waals surface area contributed by atoms with E-state index in [0.717, 1.165) is 56.5 Å². The summed E-state index contributed by atoms with van der Waals surface area (Å²) < 4.78 is 50.7. The Morgan fingerprint density at radius 1 is 1.07 bits per heavy atom. The van der Waals surface area contributed by atoms with Gasteiger partial charge in [0.05, 0.1) is 32.9 Å². The zero-order valence-electron chi connectivity index (χ0n) is 33.8. The van der Waals surface area contributed by atoms with Gasteiger partial charge in [-0.2, -0.15) is 15.2 Å². The van der Waals surface area contributed by atoms with E-state index in [-0.39, 0.29) is 72.0 Å². The van der Waals surface area contributed by atoms with E-state index in [1.165, 1.54) is 12.1 Å². The number of nitrogens with zero attached hydrogens (tertiary/aromatic N) is 6. The van der Waals surface area contributed by atoms with Crippen molar-refractivity contribution in [3.8, 4) is 23.2 Å². The highest BCUT2D eigenvalue weighted by Crippen LogP contribution is 2.48. The third-order valence-corrected chi connectivity index (χ3v) is 12.9. The van der Waals surface area contributed by atoms with Gasteiger partial charge in [-0.05, 0) is 104 Å². The fraction of sp³-hybridized carbons (Fsp3) is 0.548. The molecule has 16 heteroatoms. The SMILES string of the molecule is CC1CN2CCCC2(COc2nc(N3C[C@H]4CC[C@@H](C3)N4C(=O)OC(C)(C)C)c3cc(Cl)c(-c4ccc(F)c5sc(NC(=O)OC(C)(C)C)c(C#N)c45)c(F)c3n2)C1. The molecule has 4 aliphatic heterocycles. The summed E-state index contributed by atoms with van der Waals surface area (Å²) in [4.78, 5) is 42.1. The highest BCUT2D eigenvalue weighted by atomic mass is 35.5. The first-order valence-electron chi connectivity index (χ1n) is 19.8. The lowest BCUT2D eigenvalue weighted by atomic mass is 9.92. The molecular weight excluding hydrogens is 788 g/mol. The van der Waals surface area contributed by atoms with Crippen LogP contribution in [0.3, 0.4) is 0 Å². The van der Waals surface area contributed by atoms with E-state index >= 15 is 8.78 Å². The first kappa shape index (κ1) is 40.3. The number of piperazine rings is 1. The van der Waals surface area contributed by atoms with Crippen LogP contribution in [0.15, 0.2) is 18.2 Å². The Hall–Kier alpha value is -4.52. The number of anilines is 2. The number of amides is 2. The monoisotopic (exact) mass is 835 g/mol. The number of ether oxygens (including phenoxy) is 3. The molecule has 308 valence electrons. The Bertz CT molecular complexity index is 2360. The van der Waals surface area contributed by atoms with Crippen LogP contribution in [-0.4, -0.2) is 93.6 Å². The van der Waals surface area contributed by atoms with Gasteiger partial charge in [0.15, 0.2) is 5.82 Å². The fourth-order valence-electron chi connectivity index (χ4n) is 9.39. The molecule has 2 aromatic carbocycles. The molecule has 4 fully saturated rings. The zero-order chi connectivity index (χ0) is 41.5. The average Bonchev–Trinajstić information content (AvgIpc) is 3.84. The topological polar surface area (TPSA) is 133 Å². The maximum Gasteiger partial charge on any atom is 0.412 e. The van der Waals surface area contributed by atoms with Crippen LogP contribution in [0.1, 0.15) is 86.1 Å². The number of hydrogen-bond acceptors (Lipinski definition) is 11. The predicted octanol–water partition coefficient (Wildman–Crippen LogP) is 9.50. The first-order chi connectivity index (χ1) is 27.3. The maximum atomic E-state index is 17.5. The van der Waals surface area contributed by atoms with Crippen LogP contribution in [-0.2, 0) is 9.47 Å². The molecule has 2 amide bonds. The van der Waals surface area contributed by atoms with Crippen molar-refractivity contribution < 1.29 is 32.6 Å². The van der Waals surface area contributed by atoms with Gasteiger partial charge in [-0.3, -0.25) is 15.1 Å². The van der Waals surface area contributed by atoms with Crippen LogP contribution >= 0.6 is 22.9 Å². The minimum Gasteiger partial charge on any atom is -0.461 e. The second-order valence-corrected chi connectivity index (χ2v) is 19.6. The first-order valence-corrected chi connectivity index (χ1v) is 21.0. The number of nitriles is 1. The van der Waals surface area contributed by atoms with Gasteiger partial charge in [0, 0.05) is 36.0 Å². The van der Waals surface area contributed by atoms with E-state index in [4.69, 9.17) is 35.8 Å². The molecule has 0 saturated carbocycles. The van der Waals surface area contributed by atoms with Crippen molar-refractivity contribution in [1.82, 2.24) is 19.8 Å². The summed E-state index contributed by atoms with van der Waals surface area (Å²) in [5.41, 5.74) is -1.69. The van der Waals surface area contributed by atoms with Crippen molar-refractivity contribution in [2.45, 2.75) is 109 Å². The van der Waals surface area contributed by atoms with Gasteiger partial charge < -0.3 is 19.1 Å². The van der Waals surface area contributed by atoms with Crippen molar-refractivity contribution in [3.05, 3.63) is 40.4 Å². The molecule has 1 N–H and O–H groups in total. The Morgan fingerprint density at radius 3 is 2.45 bits per heavy atom. The van der Waals surface area contributed by atoms with Gasteiger partial charge in [0.1, 0.15) is 46.0 Å². The number of nitrogens with one attached hydrogen (secondary N) is 1. The maximum absolute atomic E-state index is 17.5. The van der Waals surface area contributed by atoms with Crippen molar-refractivity contribution in [3.63, 3.8) is 0 Å². The predicted molar refractivity (Wildman–Crippen MR) is 220 cm³/mol. The molecule has 0 radical (unpaired) electrons. The van der Waals surface area contributed by atoms with Gasteiger partial charge >= 0.3 is 18.2 Å². The molecule has 2 unspecified atom stereocenters. The Balaban J connectivity index is 1.23. The van der Waals surface area contributed by atoms with E-state index < -0.39 is 28.9 Å². The van der Waals surface area contributed by atoms with Crippen LogP contribution < -0.4 is 15.0 Å². The van der Waals surface area contributed by atoms with E-state index in [1.807, 2.05) is 30.6 Å². The molecule has 0 aliphatic carbocycles. The summed E-state index contributed by atoms with van der Waals surface area (Å²) >= 11 is 7.87. The normalized spacial score (nSPS) is 23.4. The molecule has 2 bridgehead atoms. The third kappa shape index (κ3) is 7.36. The second-order valence-electron chi connectivity index (χ2n) is 18.2. The fourth-order valence-corrected chi connectivity index (χ4v) is 10.8. The van der Waals surface area contributed by atoms with Crippen LogP contribution in [0.4, 0.5) is 29.2 Å². The average molecular weight is 836 g/mol. The molecule has 58 heavy (non-hydrogen) atoms. The largest absolute Gasteiger partial charge is 0.461 e. The number of carbonyl (C=O) groups excluding carboxylic acids is 2. The Kier molecular flexibility index (Phi) is 10.2. The molecule has 0 spiro atoms. The van der Waals surface area contributed by atoms with Gasteiger partial charge in [0.2, 0.25) is 0 Å². The van der Waals surface area contributed by atoms with Gasteiger partial charge in [-0.25, -0.2) is 18.4 Å².